The third-order valence-corrected chi connectivity index (χ3v) is 2.92. The van der Waals surface area contributed by atoms with Crippen LogP contribution in [-0.2, 0) is 0 Å². The fourth-order valence-corrected chi connectivity index (χ4v) is 1.68. The van der Waals surface area contributed by atoms with Crippen molar-refractivity contribution >= 4 is 0 Å². The number of hydrogen-bond acceptors (Lipinski definition) is 2. The molecule has 0 bridgehead atoms. The molecule has 0 radical (unpaired) electrons. The van der Waals surface area contributed by atoms with E-state index in [1.807, 2.05) is 37.4 Å². The van der Waals surface area contributed by atoms with E-state index in [2.05, 4.69) is 18.8 Å². The lowest BCUT2D eigenvalue weighted by Crippen LogP contribution is -2.27. The van der Waals surface area contributed by atoms with Gasteiger partial charge in [0.15, 0.2) is 0 Å². The minimum atomic E-state index is 0.464. The highest BCUT2D eigenvalue weighted by Crippen LogP contribution is 2.12. The summed E-state index contributed by atoms with van der Waals surface area (Å²) in [6, 6.07) is 10.4. The third kappa shape index (κ3) is 5.55. The van der Waals surface area contributed by atoms with Crippen LogP contribution in [0.25, 0.3) is 0 Å². The van der Waals surface area contributed by atoms with Crippen LogP contribution in [0.5, 0.6) is 5.75 Å². The largest absolute Gasteiger partial charge is 0.494 e. The van der Waals surface area contributed by atoms with Crippen LogP contribution in [0.4, 0.5) is 0 Å². The number of para-hydroxylation sites is 1. The Bertz CT molecular complexity index is 321. The number of ether oxygens (including phenoxy) is 1. The van der Waals surface area contributed by atoms with Gasteiger partial charge in [-0.1, -0.05) is 37.3 Å². The molecule has 1 rings (SSSR count). The van der Waals surface area contributed by atoms with Crippen molar-refractivity contribution in [3.8, 4) is 5.75 Å². The predicted molar refractivity (Wildman–Crippen MR) is 73.4 cm³/mol. The summed E-state index contributed by atoms with van der Waals surface area (Å²) in [5.41, 5.74) is 1.30. The molecule has 1 aromatic rings. The summed E-state index contributed by atoms with van der Waals surface area (Å²) in [6.45, 7) is 6.94. The van der Waals surface area contributed by atoms with Crippen LogP contribution in [0.1, 0.15) is 26.2 Å². The molecule has 0 aliphatic heterocycles. The van der Waals surface area contributed by atoms with Gasteiger partial charge in [0.2, 0.25) is 0 Å². The number of rotatable bonds is 8. The summed E-state index contributed by atoms with van der Waals surface area (Å²) in [6.07, 6.45) is 3.09. The molecule has 0 saturated heterocycles. The third-order valence-electron chi connectivity index (χ3n) is 2.92. The van der Waals surface area contributed by atoms with Crippen LogP contribution in [0, 0.1) is 0 Å². The Morgan fingerprint density at radius 1 is 1.35 bits per heavy atom. The summed E-state index contributed by atoms with van der Waals surface area (Å²) in [5, 5.41) is 3.31. The molecule has 17 heavy (non-hydrogen) atoms. The standard InChI is InChI=1S/C15H23NO/c1-4-13(2)12-14(16-3)10-11-17-15-8-6-5-7-9-15/h5-9,14,16H,2,4,10-12H2,1,3H3. The van der Waals surface area contributed by atoms with E-state index in [9.17, 15) is 0 Å². The molecule has 0 fully saturated rings. The fourth-order valence-electron chi connectivity index (χ4n) is 1.68. The highest BCUT2D eigenvalue weighted by atomic mass is 16.5. The van der Waals surface area contributed by atoms with E-state index < -0.39 is 0 Å². The van der Waals surface area contributed by atoms with E-state index in [1.165, 1.54) is 5.57 Å². The van der Waals surface area contributed by atoms with Crippen LogP contribution in [0.2, 0.25) is 0 Å². The summed E-state index contributed by atoms with van der Waals surface area (Å²) in [7, 11) is 2.00. The first-order chi connectivity index (χ1) is 8.26. The first-order valence-electron chi connectivity index (χ1n) is 6.28. The van der Waals surface area contributed by atoms with Gasteiger partial charge in [0.05, 0.1) is 6.61 Å². The van der Waals surface area contributed by atoms with Gasteiger partial charge in [0.1, 0.15) is 5.75 Å². The van der Waals surface area contributed by atoms with E-state index in [0.717, 1.165) is 31.6 Å². The van der Waals surface area contributed by atoms with Crippen LogP contribution < -0.4 is 10.1 Å². The van der Waals surface area contributed by atoms with E-state index in [-0.39, 0.29) is 0 Å². The monoisotopic (exact) mass is 233 g/mol. The number of nitrogens with one attached hydrogen (secondary N) is 1. The van der Waals surface area contributed by atoms with Crippen molar-refractivity contribution in [2.75, 3.05) is 13.7 Å². The Morgan fingerprint density at radius 3 is 2.65 bits per heavy atom. The molecule has 0 saturated carbocycles. The average molecular weight is 233 g/mol. The topological polar surface area (TPSA) is 21.3 Å². The molecule has 0 heterocycles. The molecule has 0 aliphatic carbocycles. The summed E-state index contributed by atoms with van der Waals surface area (Å²) < 4.78 is 5.68. The molecule has 0 aromatic heterocycles. The van der Waals surface area contributed by atoms with Gasteiger partial charge in [-0.3, -0.25) is 0 Å². The molecule has 1 N–H and O–H groups in total. The van der Waals surface area contributed by atoms with E-state index in [0.29, 0.717) is 6.04 Å². The number of hydrogen-bond donors (Lipinski definition) is 1. The zero-order chi connectivity index (χ0) is 12.5. The van der Waals surface area contributed by atoms with Crippen molar-refractivity contribution < 1.29 is 4.74 Å². The smallest absolute Gasteiger partial charge is 0.119 e. The molecule has 1 unspecified atom stereocenters. The minimum absolute atomic E-state index is 0.464. The normalized spacial score (nSPS) is 12.1. The Labute approximate surface area is 105 Å². The molecule has 2 nitrogen and oxygen atoms in total. The van der Waals surface area contributed by atoms with Crippen molar-refractivity contribution in [2.24, 2.45) is 0 Å². The zero-order valence-corrected chi connectivity index (χ0v) is 10.9. The highest BCUT2D eigenvalue weighted by molar-refractivity contribution is 5.20. The fraction of sp³-hybridized carbons (Fsp3) is 0.467. The summed E-state index contributed by atoms with van der Waals surface area (Å²) in [5.74, 6) is 0.941. The van der Waals surface area contributed by atoms with Gasteiger partial charge < -0.3 is 10.1 Å². The molecule has 1 aromatic carbocycles. The van der Waals surface area contributed by atoms with Crippen LogP contribution in [-0.4, -0.2) is 19.7 Å². The first kappa shape index (κ1) is 13.8. The van der Waals surface area contributed by atoms with E-state index in [1.54, 1.807) is 0 Å². The molecule has 2 heteroatoms. The molecule has 94 valence electrons. The maximum absolute atomic E-state index is 5.68. The Hall–Kier alpha value is -1.28. The van der Waals surface area contributed by atoms with Crippen molar-refractivity contribution in [2.45, 2.75) is 32.2 Å². The molecule has 0 amide bonds. The predicted octanol–water partition coefficient (Wildman–Crippen LogP) is 3.40. The van der Waals surface area contributed by atoms with Gasteiger partial charge in [-0.25, -0.2) is 0 Å². The van der Waals surface area contributed by atoms with Crippen molar-refractivity contribution in [1.82, 2.24) is 5.32 Å². The Balaban J connectivity index is 2.26. The first-order valence-corrected chi connectivity index (χ1v) is 6.28. The molecular weight excluding hydrogens is 210 g/mol. The Kier molecular flexibility index (Phi) is 6.41. The maximum atomic E-state index is 5.68. The maximum Gasteiger partial charge on any atom is 0.119 e. The SMILES string of the molecule is C=C(CC)CC(CCOc1ccccc1)NC. The lowest BCUT2D eigenvalue weighted by atomic mass is 10.0. The van der Waals surface area contributed by atoms with Gasteiger partial charge in [-0.15, -0.1) is 0 Å². The Morgan fingerprint density at radius 2 is 2.06 bits per heavy atom. The lowest BCUT2D eigenvalue weighted by Gasteiger charge is -2.17. The van der Waals surface area contributed by atoms with Crippen LogP contribution >= 0.6 is 0 Å². The second-order valence-electron chi connectivity index (χ2n) is 4.24. The summed E-state index contributed by atoms with van der Waals surface area (Å²) in [4.78, 5) is 0. The molecule has 0 spiro atoms. The van der Waals surface area contributed by atoms with Gasteiger partial charge in [0, 0.05) is 6.04 Å². The van der Waals surface area contributed by atoms with Crippen LogP contribution in [0.15, 0.2) is 42.5 Å². The number of benzene rings is 1. The van der Waals surface area contributed by atoms with E-state index >= 15 is 0 Å². The quantitative estimate of drug-likeness (QED) is 0.695. The van der Waals surface area contributed by atoms with Crippen molar-refractivity contribution in [1.29, 1.82) is 0 Å². The second-order valence-corrected chi connectivity index (χ2v) is 4.24. The summed E-state index contributed by atoms with van der Waals surface area (Å²) >= 11 is 0. The zero-order valence-electron chi connectivity index (χ0n) is 10.9. The van der Waals surface area contributed by atoms with Crippen LogP contribution in [0.3, 0.4) is 0 Å². The van der Waals surface area contributed by atoms with E-state index in [4.69, 9.17) is 4.74 Å². The van der Waals surface area contributed by atoms with Gasteiger partial charge >= 0.3 is 0 Å². The molecule has 0 aliphatic rings. The average Bonchev–Trinajstić information content (AvgIpc) is 2.38. The minimum Gasteiger partial charge on any atom is -0.494 e. The second kappa shape index (κ2) is 7.91. The van der Waals surface area contributed by atoms with Crippen molar-refractivity contribution in [3.63, 3.8) is 0 Å². The van der Waals surface area contributed by atoms with Crippen molar-refractivity contribution in [3.05, 3.63) is 42.5 Å². The van der Waals surface area contributed by atoms with Gasteiger partial charge in [-0.2, -0.15) is 0 Å². The lowest BCUT2D eigenvalue weighted by molar-refractivity contribution is 0.288. The van der Waals surface area contributed by atoms with Gasteiger partial charge in [-0.05, 0) is 38.4 Å². The molecular formula is C15H23NO. The van der Waals surface area contributed by atoms with Gasteiger partial charge in [0.25, 0.3) is 0 Å². The molecule has 1 atom stereocenters. The highest BCUT2D eigenvalue weighted by Gasteiger charge is 2.07.